The van der Waals surface area contributed by atoms with Crippen LogP contribution >= 0.6 is 23.2 Å². The second-order valence-electron chi connectivity index (χ2n) is 7.34. The van der Waals surface area contributed by atoms with Gasteiger partial charge in [0.15, 0.2) is 6.61 Å². The van der Waals surface area contributed by atoms with Crippen LogP contribution in [-0.2, 0) is 16.1 Å². The molecular formula is C25H26Cl2N2O3. The van der Waals surface area contributed by atoms with Gasteiger partial charge in [0.2, 0.25) is 5.91 Å². The van der Waals surface area contributed by atoms with Gasteiger partial charge in [-0.15, -0.1) is 0 Å². The highest BCUT2D eigenvalue weighted by Crippen LogP contribution is 2.26. The molecule has 0 aliphatic rings. The zero-order chi connectivity index (χ0) is 23.1. The fourth-order valence-electron chi connectivity index (χ4n) is 3.59. The van der Waals surface area contributed by atoms with Gasteiger partial charge in [0.1, 0.15) is 11.8 Å². The molecule has 0 saturated heterocycles. The van der Waals surface area contributed by atoms with Crippen LogP contribution in [0.4, 0.5) is 0 Å². The number of likely N-dealkylation sites (N-methyl/N-ethyl adjacent to an activating group) is 1. The van der Waals surface area contributed by atoms with Crippen molar-refractivity contribution in [1.82, 2.24) is 10.2 Å². The average Bonchev–Trinajstić information content (AvgIpc) is 2.79. The Morgan fingerprint density at radius 3 is 2.50 bits per heavy atom. The van der Waals surface area contributed by atoms with E-state index in [4.69, 9.17) is 27.9 Å². The molecule has 1 N–H and O–H groups in total. The summed E-state index contributed by atoms with van der Waals surface area (Å²) in [5.74, 6) is 0.104. The third-order valence-electron chi connectivity index (χ3n) is 5.19. The van der Waals surface area contributed by atoms with Crippen molar-refractivity contribution >= 4 is 45.8 Å². The standard InChI is InChI=1S/C25H26Cl2N2O3/c1-3-22(25(31)28-4-2)29(15-18-12-13-19(26)14-21(18)27)24(30)16-32-23-11-7-9-17-8-5-6-10-20(17)23/h5-14,22H,3-4,15-16H2,1-2H3,(H,28,31). The second-order valence-corrected chi connectivity index (χ2v) is 8.19. The molecule has 3 rings (SSSR count). The Kier molecular flexibility index (Phi) is 8.37. The molecule has 0 aliphatic carbocycles. The summed E-state index contributed by atoms with van der Waals surface area (Å²) in [6, 6.07) is 18.0. The molecule has 0 aliphatic heterocycles. The van der Waals surface area contributed by atoms with Crippen LogP contribution in [0.3, 0.4) is 0 Å². The van der Waals surface area contributed by atoms with Crippen molar-refractivity contribution in [3.63, 3.8) is 0 Å². The van der Waals surface area contributed by atoms with E-state index in [9.17, 15) is 9.59 Å². The van der Waals surface area contributed by atoms with Gasteiger partial charge in [-0.2, -0.15) is 0 Å². The van der Waals surface area contributed by atoms with E-state index >= 15 is 0 Å². The minimum absolute atomic E-state index is 0.170. The van der Waals surface area contributed by atoms with Crippen LogP contribution in [-0.4, -0.2) is 35.9 Å². The monoisotopic (exact) mass is 472 g/mol. The maximum Gasteiger partial charge on any atom is 0.261 e. The Labute approximate surface area is 198 Å². The van der Waals surface area contributed by atoms with Gasteiger partial charge in [0, 0.05) is 28.5 Å². The molecule has 3 aromatic carbocycles. The maximum absolute atomic E-state index is 13.3. The van der Waals surface area contributed by atoms with Gasteiger partial charge in [0.25, 0.3) is 5.91 Å². The van der Waals surface area contributed by atoms with Crippen LogP contribution in [0.1, 0.15) is 25.8 Å². The molecule has 168 valence electrons. The largest absolute Gasteiger partial charge is 0.483 e. The molecule has 2 amide bonds. The van der Waals surface area contributed by atoms with E-state index in [2.05, 4.69) is 5.32 Å². The van der Waals surface area contributed by atoms with Crippen molar-refractivity contribution in [3.05, 3.63) is 76.3 Å². The Balaban J connectivity index is 1.85. The summed E-state index contributed by atoms with van der Waals surface area (Å²) in [5, 5.41) is 5.70. The third kappa shape index (κ3) is 5.72. The highest BCUT2D eigenvalue weighted by Gasteiger charge is 2.29. The molecule has 1 unspecified atom stereocenters. The van der Waals surface area contributed by atoms with E-state index in [1.807, 2.05) is 56.3 Å². The molecule has 0 aromatic heterocycles. The molecule has 0 fully saturated rings. The summed E-state index contributed by atoms with van der Waals surface area (Å²) in [5.41, 5.74) is 0.706. The lowest BCUT2D eigenvalue weighted by molar-refractivity contribution is -0.142. The normalized spacial score (nSPS) is 11.8. The van der Waals surface area contributed by atoms with Crippen LogP contribution in [0, 0.1) is 0 Å². The predicted molar refractivity (Wildman–Crippen MR) is 129 cm³/mol. The van der Waals surface area contributed by atoms with Crippen molar-refractivity contribution in [2.45, 2.75) is 32.9 Å². The molecule has 32 heavy (non-hydrogen) atoms. The molecule has 7 heteroatoms. The Hall–Kier alpha value is -2.76. The first kappa shape index (κ1) is 23.9. The van der Waals surface area contributed by atoms with Gasteiger partial charge < -0.3 is 15.0 Å². The maximum atomic E-state index is 13.3. The number of ether oxygens (including phenoxy) is 1. The minimum Gasteiger partial charge on any atom is -0.483 e. The van der Waals surface area contributed by atoms with E-state index in [-0.39, 0.29) is 25.0 Å². The summed E-state index contributed by atoms with van der Waals surface area (Å²) in [4.78, 5) is 27.5. The van der Waals surface area contributed by atoms with Gasteiger partial charge in [0.05, 0.1) is 0 Å². The Bertz CT molecular complexity index is 1100. The number of amides is 2. The van der Waals surface area contributed by atoms with E-state index in [1.165, 1.54) is 4.90 Å². The van der Waals surface area contributed by atoms with Gasteiger partial charge >= 0.3 is 0 Å². The van der Waals surface area contributed by atoms with Gasteiger partial charge in [-0.1, -0.05) is 72.6 Å². The van der Waals surface area contributed by atoms with Gasteiger partial charge in [-0.05, 0) is 42.5 Å². The Morgan fingerprint density at radius 2 is 1.78 bits per heavy atom. The number of carbonyl (C=O) groups excluding carboxylic acids is 2. The number of carbonyl (C=O) groups is 2. The van der Waals surface area contributed by atoms with Gasteiger partial charge in [-0.3, -0.25) is 9.59 Å². The molecule has 1 atom stereocenters. The quantitative estimate of drug-likeness (QED) is 0.449. The van der Waals surface area contributed by atoms with E-state index in [0.717, 1.165) is 10.8 Å². The van der Waals surface area contributed by atoms with Crippen molar-refractivity contribution in [2.24, 2.45) is 0 Å². The molecule has 0 bridgehead atoms. The number of nitrogens with zero attached hydrogens (tertiary/aromatic N) is 1. The topological polar surface area (TPSA) is 58.6 Å². The average molecular weight is 473 g/mol. The third-order valence-corrected chi connectivity index (χ3v) is 5.78. The van der Waals surface area contributed by atoms with Crippen LogP contribution in [0.15, 0.2) is 60.7 Å². The van der Waals surface area contributed by atoms with Gasteiger partial charge in [-0.25, -0.2) is 0 Å². The summed E-state index contributed by atoms with van der Waals surface area (Å²) in [7, 11) is 0. The minimum atomic E-state index is -0.648. The number of halogens is 2. The fraction of sp³-hybridized carbons (Fsp3) is 0.280. The lowest BCUT2D eigenvalue weighted by atomic mass is 10.1. The Morgan fingerprint density at radius 1 is 1.03 bits per heavy atom. The number of benzene rings is 3. The molecule has 0 saturated carbocycles. The van der Waals surface area contributed by atoms with E-state index in [0.29, 0.717) is 34.3 Å². The van der Waals surface area contributed by atoms with E-state index in [1.54, 1.807) is 18.2 Å². The predicted octanol–water partition coefficient (Wildman–Crippen LogP) is 5.47. The number of hydrogen-bond donors (Lipinski definition) is 1. The first-order chi connectivity index (χ1) is 15.4. The van der Waals surface area contributed by atoms with Crippen molar-refractivity contribution in [2.75, 3.05) is 13.2 Å². The first-order valence-electron chi connectivity index (χ1n) is 10.6. The molecule has 0 spiro atoms. The zero-order valence-corrected chi connectivity index (χ0v) is 19.6. The van der Waals surface area contributed by atoms with Crippen LogP contribution in [0.5, 0.6) is 5.75 Å². The second kappa shape index (κ2) is 11.2. The highest BCUT2D eigenvalue weighted by atomic mass is 35.5. The molecule has 0 radical (unpaired) electrons. The molecule has 0 heterocycles. The number of nitrogens with one attached hydrogen (secondary N) is 1. The summed E-state index contributed by atoms with van der Waals surface area (Å²) in [6.45, 7) is 4.16. The summed E-state index contributed by atoms with van der Waals surface area (Å²) in [6.07, 6.45) is 0.455. The first-order valence-corrected chi connectivity index (χ1v) is 11.3. The van der Waals surface area contributed by atoms with Crippen molar-refractivity contribution in [1.29, 1.82) is 0 Å². The fourth-order valence-corrected chi connectivity index (χ4v) is 4.06. The lowest BCUT2D eigenvalue weighted by Crippen LogP contribution is -2.50. The van der Waals surface area contributed by atoms with Crippen LogP contribution in [0.25, 0.3) is 10.8 Å². The molecule has 3 aromatic rings. The summed E-state index contributed by atoms with van der Waals surface area (Å²) >= 11 is 12.4. The smallest absolute Gasteiger partial charge is 0.261 e. The summed E-state index contributed by atoms with van der Waals surface area (Å²) < 4.78 is 5.91. The van der Waals surface area contributed by atoms with E-state index < -0.39 is 6.04 Å². The van der Waals surface area contributed by atoms with Crippen molar-refractivity contribution < 1.29 is 14.3 Å². The number of fused-ring (bicyclic) bond motifs is 1. The zero-order valence-electron chi connectivity index (χ0n) is 18.1. The van der Waals surface area contributed by atoms with Crippen LogP contribution < -0.4 is 10.1 Å². The lowest BCUT2D eigenvalue weighted by Gasteiger charge is -2.30. The molecule has 5 nitrogen and oxygen atoms in total. The number of rotatable bonds is 9. The highest BCUT2D eigenvalue weighted by molar-refractivity contribution is 6.35. The van der Waals surface area contributed by atoms with Crippen molar-refractivity contribution in [3.8, 4) is 5.75 Å². The SMILES string of the molecule is CCNC(=O)C(CC)N(Cc1ccc(Cl)cc1Cl)C(=O)COc1cccc2ccccc12. The molecular weight excluding hydrogens is 447 g/mol. The number of hydrogen-bond acceptors (Lipinski definition) is 3. The van der Waals surface area contributed by atoms with Crippen LogP contribution in [0.2, 0.25) is 10.0 Å².